The highest BCUT2D eigenvalue weighted by molar-refractivity contribution is 6.12. The molecule has 0 fully saturated rings. The van der Waals surface area contributed by atoms with Gasteiger partial charge < -0.3 is 14.4 Å². The van der Waals surface area contributed by atoms with Gasteiger partial charge in [0.1, 0.15) is 11.3 Å². The number of carbonyl (C=O) groups excluding carboxylic acids is 1. The fourth-order valence-corrected chi connectivity index (χ4v) is 1.95. The van der Waals surface area contributed by atoms with Crippen LogP contribution < -0.4 is 0 Å². The van der Waals surface area contributed by atoms with Crippen molar-refractivity contribution in [3.63, 3.8) is 0 Å². The van der Waals surface area contributed by atoms with Gasteiger partial charge in [0.25, 0.3) is 0 Å². The van der Waals surface area contributed by atoms with E-state index in [-0.39, 0.29) is 11.3 Å². The van der Waals surface area contributed by atoms with E-state index in [4.69, 9.17) is 5.11 Å². The number of hydrogen-bond acceptors (Lipinski definition) is 3. The topological polar surface area (TPSA) is 68.5 Å². The van der Waals surface area contributed by atoms with Crippen molar-refractivity contribution in [1.29, 1.82) is 0 Å². The zero-order valence-corrected chi connectivity index (χ0v) is 9.43. The molecule has 0 saturated heterocycles. The summed E-state index contributed by atoms with van der Waals surface area (Å²) in [7, 11) is 2.84. The van der Waals surface area contributed by atoms with E-state index in [9.17, 15) is 9.59 Å². The van der Waals surface area contributed by atoms with Gasteiger partial charge in [-0.25, -0.2) is 9.59 Å². The number of carboxylic acids is 1. The van der Waals surface area contributed by atoms with Crippen LogP contribution in [0.3, 0.4) is 0 Å². The maximum absolute atomic E-state index is 11.7. The molecule has 1 aromatic heterocycles. The summed E-state index contributed by atoms with van der Waals surface area (Å²) in [6.45, 7) is 0. The van der Waals surface area contributed by atoms with Gasteiger partial charge in [-0.05, 0) is 6.07 Å². The Labute approximate surface area is 97.2 Å². The van der Waals surface area contributed by atoms with Crippen LogP contribution in [0.1, 0.15) is 20.8 Å². The monoisotopic (exact) mass is 233 g/mol. The second kappa shape index (κ2) is 3.93. The van der Waals surface area contributed by atoms with Crippen molar-refractivity contribution < 1.29 is 19.4 Å². The molecular weight excluding hydrogens is 222 g/mol. The van der Waals surface area contributed by atoms with Crippen molar-refractivity contribution in [2.75, 3.05) is 7.11 Å². The molecule has 5 heteroatoms. The lowest BCUT2D eigenvalue weighted by atomic mass is 10.1. The number of ether oxygens (including phenoxy) is 1. The van der Waals surface area contributed by atoms with Crippen molar-refractivity contribution in [3.05, 3.63) is 35.5 Å². The third-order valence-electron chi connectivity index (χ3n) is 2.70. The van der Waals surface area contributed by atoms with Crippen molar-refractivity contribution in [1.82, 2.24) is 4.57 Å². The minimum atomic E-state index is -1.15. The molecule has 0 unspecified atom stereocenters. The van der Waals surface area contributed by atoms with Gasteiger partial charge in [0, 0.05) is 18.0 Å². The predicted octanol–water partition coefficient (Wildman–Crippen LogP) is 1.66. The quantitative estimate of drug-likeness (QED) is 0.801. The number of carbonyl (C=O) groups is 2. The van der Waals surface area contributed by atoms with Gasteiger partial charge >= 0.3 is 11.9 Å². The molecule has 1 aromatic carbocycles. The third kappa shape index (κ3) is 1.56. The van der Waals surface area contributed by atoms with E-state index in [1.807, 2.05) is 0 Å². The van der Waals surface area contributed by atoms with Crippen molar-refractivity contribution in [2.45, 2.75) is 0 Å². The molecule has 17 heavy (non-hydrogen) atoms. The number of benzene rings is 1. The van der Waals surface area contributed by atoms with E-state index < -0.39 is 11.9 Å². The summed E-state index contributed by atoms with van der Waals surface area (Å²) in [6.07, 6.45) is 0. The predicted molar refractivity (Wildman–Crippen MR) is 61.2 cm³/mol. The Morgan fingerprint density at radius 3 is 2.53 bits per heavy atom. The Kier molecular flexibility index (Phi) is 2.59. The Balaban J connectivity index is 2.90. The maximum atomic E-state index is 11.7. The summed E-state index contributed by atoms with van der Waals surface area (Å²) in [6, 6.07) is 7.00. The first-order valence-electron chi connectivity index (χ1n) is 4.97. The molecule has 1 heterocycles. The molecule has 0 aliphatic heterocycles. The molecule has 2 aromatic rings. The second-order valence-corrected chi connectivity index (χ2v) is 3.60. The summed E-state index contributed by atoms with van der Waals surface area (Å²) in [5, 5.41) is 9.75. The van der Waals surface area contributed by atoms with E-state index >= 15 is 0 Å². The molecule has 0 spiro atoms. The first kappa shape index (κ1) is 11.2. The highest BCUT2D eigenvalue weighted by atomic mass is 16.5. The Morgan fingerprint density at radius 1 is 1.29 bits per heavy atom. The highest BCUT2D eigenvalue weighted by Gasteiger charge is 2.25. The summed E-state index contributed by atoms with van der Waals surface area (Å²) in [5.74, 6) is -1.79. The number of aryl methyl sites for hydroxylation is 1. The van der Waals surface area contributed by atoms with E-state index in [1.165, 1.54) is 11.7 Å². The van der Waals surface area contributed by atoms with E-state index in [0.717, 1.165) is 0 Å². The second-order valence-electron chi connectivity index (χ2n) is 3.60. The standard InChI is InChI=1S/C12H11NO4/c1-13-8-6-4-3-5-7(8)9(12(16)17-2)10(13)11(14)15/h3-6H,1-2H3,(H,14,15). The number of carboxylic acid groups (broad SMARTS) is 1. The van der Waals surface area contributed by atoms with Crippen molar-refractivity contribution in [2.24, 2.45) is 7.05 Å². The van der Waals surface area contributed by atoms with E-state index in [2.05, 4.69) is 4.74 Å². The van der Waals surface area contributed by atoms with Gasteiger partial charge in [-0.3, -0.25) is 0 Å². The molecular formula is C12H11NO4. The Bertz CT molecular complexity index is 612. The number of aromatic nitrogens is 1. The van der Waals surface area contributed by atoms with Crippen LogP contribution in [0.15, 0.2) is 24.3 Å². The number of aromatic carboxylic acids is 1. The number of rotatable bonds is 2. The summed E-state index contributed by atoms with van der Waals surface area (Å²) < 4.78 is 6.11. The molecule has 5 nitrogen and oxygen atoms in total. The number of hydrogen-bond donors (Lipinski definition) is 1. The van der Waals surface area contributed by atoms with Crippen LogP contribution in [0.2, 0.25) is 0 Å². The lowest BCUT2D eigenvalue weighted by molar-refractivity contribution is 0.0582. The molecule has 1 N–H and O–H groups in total. The van der Waals surface area contributed by atoms with Crippen LogP contribution in [0.25, 0.3) is 10.9 Å². The summed E-state index contributed by atoms with van der Waals surface area (Å²) in [4.78, 5) is 22.9. The lowest BCUT2D eigenvalue weighted by Crippen LogP contribution is -2.11. The van der Waals surface area contributed by atoms with Gasteiger partial charge in [0.05, 0.1) is 7.11 Å². The van der Waals surface area contributed by atoms with Gasteiger partial charge in [0.2, 0.25) is 0 Å². The zero-order chi connectivity index (χ0) is 12.6. The number of fused-ring (bicyclic) bond motifs is 1. The fourth-order valence-electron chi connectivity index (χ4n) is 1.95. The van der Waals surface area contributed by atoms with E-state index in [0.29, 0.717) is 10.9 Å². The zero-order valence-electron chi connectivity index (χ0n) is 9.43. The number of para-hydroxylation sites is 1. The largest absolute Gasteiger partial charge is 0.477 e. The van der Waals surface area contributed by atoms with Crippen LogP contribution in [0.5, 0.6) is 0 Å². The minimum Gasteiger partial charge on any atom is -0.477 e. The van der Waals surface area contributed by atoms with Crippen LogP contribution in [-0.2, 0) is 11.8 Å². The average molecular weight is 233 g/mol. The summed E-state index contributed by atoms with van der Waals surface area (Å²) >= 11 is 0. The van der Waals surface area contributed by atoms with E-state index in [1.54, 1.807) is 31.3 Å². The molecule has 0 atom stereocenters. The van der Waals surface area contributed by atoms with Gasteiger partial charge in [-0.15, -0.1) is 0 Å². The molecule has 0 saturated carbocycles. The number of nitrogens with zero attached hydrogens (tertiary/aromatic N) is 1. The molecule has 0 radical (unpaired) electrons. The average Bonchev–Trinajstić information content (AvgIpc) is 2.62. The summed E-state index contributed by atoms with van der Waals surface area (Å²) in [5.41, 5.74) is 0.724. The third-order valence-corrected chi connectivity index (χ3v) is 2.70. The maximum Gasteiger partial charge on any atom is 0.353 e. The van der Waals surface area contributed by atoms with Crippen LogP contribution >= 0.6 is 0 Å². The van der Waals surface area contributed by atoms with Crippen molar-refractivity contribution in [3.8, 4) is 0 Å². The minimum absolute atomic E-state index is 0.0574. The van der Waals surface area contributed by atoms with Crippen LogP contribution in [-0.4, -0.2) is 28.7 Å². The molecule has 0 aliphatic carbocycles. The van der Waals surface area contributed by atoms with Crippen LogP contribution in [0, 0.1) is 0 Å². The fraction of sp³-hybridized carbons (Fsp3) is 0.167. The highest BCUT2D eigenvalue weighted by Crippen LogP contribution is 2.25. The normalized spacial score (nSPS) is 10.5. The Hall–Kier alpha value is -2.30. The number of esters is 1. The Morgan fingerprint density at radius 2 is 1.94 bits per heavy atom. The first-order valence-corrected chi connectivity index (χ1v) is 4.97. The molecule has 0 aliphatic rings. The van der Waals surface area contributed by atoms with Gasteiger partial charge in [0.15, 0.2) is 0 Å². The first-order chi connectivity index (χ1) is 8.07. The van der Waals surface area contributed by atoms with Gasteiger partial charge in [-0.1, -0.05) is 18.2 Å². The molecule has 88 valence electrons. The van der Waals surface area contributed by atoms with Crippen molar-refractivity contribution >= 4 is 22.8 Å². The number of methoxy groups -OCH3 is 1. The molecule has 2 rings (SSSR count). The lowest BCUT2D eigenvalue weighted by Gasteiger charge is -2.00. The smallest absolute Gasteiger partial charge is 0.353 e. The van der Waals surface area contributed by atoms with Crippen LogP contribution in [0.4, 0.5) is 0 Å². The molecule has 0 bridgehead atoms. The van der Waals surface area contributed by atoms with Gasteiger partial charge in [-0.2, -0.15) is 0 Å². The SMILES string of the molecule is COC(=O)c1c(C(=O)O)n(C)c2ccccc12. The molecule has 0 amide bonds.